The Kier molecular flexibility index (Phi) is 5.96. The van der Waals surface area contributed by atoms with E-state index in [0.717, 1.165) is 35.9 Å². The number of halogens is 1. The van der Waals surface area contributed by atoms with Gasteiger partial charge in [0.2, 0.25) is 0 Å². The number of likely N-dealkylation sites (tertiary alicyclic amines) is 1. The van der Waals surface area contributed by atoms with E-state index < -0.39 is 16.8 Å². The first kappa shape index (κ1) is 25.4. The number of Topliss-reactive ketones (excluding diaryl/α,β-unsaturated/α-hetero) is 1. The van der Waals surface area contributed by atoms with Gasteiger partial charge in [0.25, 0.3) is 0 Å². The standard InChI is InChI=1S/C30H36FN3O3/c1-7-29(5,6)26(35)21-14-19(31)8-9-23(21)34-24-10-12-30(15-22(24)20-11-13-32-16-25(20)34)17-33(18-30)27(36)37-28(2,3)4/h8-9,11,13-14,16H,7,10,12,15,17-18H2,1-6H3. The van der Waals surface area contributed by atoms with Gasteiger partial charge in [-0.3, -0.25) is 9.78 Å². The summed E-state index contributed by atoms with van der Waals surface area (Å²) in [5.41, 5.74) is 3.27. The van der Waals surface area contributed by atoms with Gasteiger partial charge in [-0.1, -0.05) is 20.8 Å². The van der Waals surface area contributed by atoms with E-state index >= 15 is 0 Å². The third kappa shape index (κ3) is 4.42. The topological polar surface area (TPSA) is 64.4 Å². The van der Waals surface area contributed by atoms with Crippen LogP contribution in [0.1, 0.15) is 76.0 Å². The van der Waals surface area contributed by atoms with Crippen LogP contribution in [-0.2, 0) is 17.6 Å². The monoisotopic (exact) mass is 505 g/mol. The molecule has 5 rings (SSSR count). The molecule has 0 saturated carbocycles. The number of pyridine rings is 1. The first-order valence-electron chi connectivity index (χ1n) is 13.1. The van der Waals surface area contributed by atoms with Crippen molar-refractivity contribution in [3.63, 3.8) is 0 Å². The number of ketones is 1. The molecule has 6 nitrogen and oxygen atoms in total. The predicted molar refractivity (Wildman–Crippen MR) is 142 cm³/mol. The Morgan fingerprint density at radius 3 is 2.54 bits per heavy atom. The second-order valence-corrected chi connectivity index (χ2v) is 12.4. The summed E-state index contributed by atoms with van der Waals surface area (Å²) >= 11 is 0. The van der Waals surface area contributed by atoms with Crippen LogP contribution in [0, 0.1) is 16.6 Å². The Hall–Kier alpha value is -3.22. The van der Waals surface area contributed by atoms with Gasteiger partial charge in [0.05, 0.1) is 17.4 Å². The lowest BCUT2D eigenvalue weighted by Gasteiger charge is -2.52. The van der Waals surface area contributed by atoms with E-state index in [1.807, 2.05) is 53.8 Å². The highest BCUT2D eigenvalue weighted by Crippen LogP contribution is 2.47. The van der Waals surface area contributed by atoms with Crippen LogP contribution < -0.4 is 0 Å². The molecule has 0 atom stereocenters. The van der Waals surface area contributed by atoms with Crippen LogP contribution in [0.25, 0.3) is 16.6 Å². The maximum Gasteiger partial charge on any atom is 0.410 e. The lowest BCUT2D eigenvalue weighted by atomic mass is 9.68. The zero-order valence-electron chi connectivity index (χ0n) is 22.7. The number of hydrogen-bond acceptors (Lipinski definition) is 4. The molecular formula is C30H36FN3O3. The maximum absolute atomic E-state index is 14.4. The summed E-state index contributed by atoms with van der Waals surface area (Å²) in [4.78, 5) is 32.3. The summed E-state index contributed by atoms with van der Waals surface area (Å²) in [7, 11) is 0. The van der Waals surface area contributed by atoms with Crippen molar-refractivity contribution in [3.05, 3.63) is 59.3 Å². The Labute approximate surface area is 217 Å². The highest BCUT2D eigenvalue weighted by atomic mass is 19.1. The van der Waals surface area contributed by atoms with Gasteiger partial charge < -0.3 is 14.2 Å². The van der Waals surface area contributed by atoms with E-state index in [0.29, 0.717) is 30.8 Å². The highest BCUT2D eigenvalue weighted by molar-refractivity contribution is 6.04. The molecule has 2 aromatic heterocycles. The van der Waals surface area contributed by atoms with Crippen molar-refractivity contribution >= 4 is 22.8 Å². The average Bonchev–Trinajstić information content (AvgIpc) is 3.14. The second-order valence-electron chi connectivity index (χ2n) is 12.4. The second kappa shape index (κ2) is 8.67. The Morgan fingerprint density at radius 1 is 1.14 bits per heavy atom. The number of aromatic nitrogens is 2. The zero-order chi connectivity index (χ0) is 26.8. The molecule has 0 bridgehead atoms. The van der Waals surface area contributed by atoms with Crippen LogP contribution in [-0.4, -0.2) is 45.0 Å². The summed E-state index contributed by atoms with van der Waals surface area (Å²) < 4.78 is 22.1. The molecule has 0 unspecified atom stereocenters. The lowest BCUT2D eigenvalue weighted by molar-refractivity contribution is -0.0395. The molecule has 1 amide bonds. The fourth-order valence-electron chi connectivity index (χ4n) is 5.74. The summed E-state index contributed by atoms with van der Waals surface area (Å²) in [5, 5.41) is 1.09. The Bertz CT molecular complexity index is 1390. The molecule has 1 aromatic carbocycles. The molecule has 37 heavy (non-hydrogen) atoms. The van der Waals surface area contributed by atoms with Crippen LogP contribution >= 0.6 is 0 Å². The number of nitrogens with zero attached hydrogens (tertiary/aromatic N) is 3. The van der Waals surface area contributed by atoms with Crippen molar-refractivity contribution in [1.82, 2.24) is 14.5 Å². The van der Waals surface area contributed by atoms with Crippen molar-refractivity contribution < 1.29 is 18.7 Å². The molecule has 0 radical (unpaired) electrons. The maximum atomic E-state index is 14.4. The third-order valence-corrected chi connectivity index (χ3v) is 8.08. The number of carbonyl (C=O) groups is 2. The molecule has 1 spiro atoms. The SMILES string of the molecule is CCC(C)(C)C(=O)c1cc(F)ccc1-n1c2c(c3ccncc31)CC1(CC2)CN(C(=O)OC(C)(C)C)C1. The van der Waals surface area contributed by atoms with Gasteiger partial charge >= 0.3 is 6.09 Å². The van der Waals surface area contributed by atoms with Crippen LogP contribution in [0.2, 0.25) is 0 Å². The van der Waals surface area contributed by atoms with E-state index in [1.54, 1.807) is 17.2 Å². The fraction of sp³-hybridized carbons (Fsp3) is 0.500. The number of carbonyl (C=O) groups excluding carboxylic acids is 2. The van der Waals surface area contributed by atoms with Crippen molar-refractivity contribution in [2.45, 2.75) is 72.8 Å². The van der Waals surface area contributed by atoms with E-state index in [4.69, 9.17) is 4.74 Å². The van der Waals surface area contributed by atoms with Gasteiger partial charge in [-0.2, -0.15) is 0 Å². The lowest BCUT2D eigenvalue weighted by Crippen LogP contribution is -2.61. The normalized spacial score (nSPS) is 17.0. The molecule has 1 aliphatic heterocycles. The van der Waals surface area contributed by atoms with E-state index in [-0.39, 0.29) is 17.3 Å². The summed E-state index contributed by atoms with van der Waals surface area (Å²) in [6, 6.07) is 6.54. The van der Waals surface area contributed by atoms with Gasteiger partial charge in [0, 0.05) is 46.8 Å². The van der Waals surface area contributed by atoms with Crippen molar-refractivity contribution in [1.29, 1.82) is 0 Å². The molecule has 2 aliphatic rings. The van der Waals surface area contributed by atoms with E-state index in [1.165, 1.54) is 17.7 Å². The number of fused-ring (bicyclic) bond motifs is 3. The number of benzene rings is 1. The molecule has 0 N–H and O–H groups in total. The number of rotatable bonds is 4. The van der Waals surface area contributed by atoms with Crippen LogP contribution in [0.15, 0.2) is 36.7 Å². The van der Waals surface area contributed by atoms with Crippen molar-refractivity contribution in [2.24, 2.45) is 10.8 Å². The first-order chi connectivity index (χ1) is 17.3. The first-order valence-corrected chi connectivity index (χ1v) is 13.1. The zero-order valence-corrected chi connectivity index (χ0v) is 22.7. The fourth-order valence-corrected chi connectivity index (χ4v) is 5.74. The molecule has 1 saturated heterocycles. The molecule has 1 fully saturated rings. The Balaban J connectivity index is 1.55. The summed E-state index contributed by atoms with van der Waals surface area (Å²) in [6.07, 6.45) is 6.58. The van der Waals surface area contributed by atoms with E-state index in [2.05, 4.69) is 9.55 Å². The molecule has 196 valence electrons. The molecule has 1 aliphatic carbocycles. The van der Waals surface area contributed by atoms with Crippen LogP contribution in [0.4, 0.5) is 9.18 Å². The molecule has 3 aromatic rings. The number of ether oxygens (including phenoxy) is 1. The predicted octanol–water partition coefficient (Wildman–Crippen LogP) is 6.51. The highest BCUT2D eigenvalue weighted by Gasteiger charge is 2.49. The minimum absolute atomic E-state index is 0.0118. The number of hydrogen-bond donors (Lipinski definition) is 0. The van der Waals surface area contributed by atoms with Crippen LogP contribution in [0.3, 0.4) is 0 Å². The van der Waals surface area contributed by atoms with Gasteiger partial charge in [-0.25, -0.2) is 9.18 Å². The largest absolute Gasteiger partial charge is 0.444 e. The van der Waals surface area contributed by atoms with E-state index in [9.17, 15) is 14.0 Å². The smallest absolute Gasteiger partial charge is 0.410 e. The van der Waals surface area contributed by atoms with Crippen molar-refractivity contribution in [2.75, 3.05) is 13.1 Å². The van der Waals surface area contributed by atoms with Crippen LogP contribution in [0.5, 0.6) is 0 Å². The molecule has 7 heteroatoms. The van der Waals surface area contributed by atoms with Gasteiger partial charge in [0.1, 0.15) is 11.4 Å². The average molecular weight is 506 g/mol. The minimum atomic E-state index is -0.606. The van der Waals surface area contributed by atoms with Gasteiger partial charge in [-0.05, 0) is 76.3 Å². The molecular weight excluding hydrogens is 469 g/mol. The third-order valence-electron chi connectivity index (χ3n) is 8.08. The van der Waals surface area contributed by atoms with Gasteiger partial charge in [-0.15, -0.1) is 0 Å². The van der Waals surface area contributed by atoms with Crippen molar-refractivity contribution in [3.8, 4) is 5.69 Å². The quantitative estimate of drug-likeness (QED) is 0.379. The summed E-state index contributed by atoms with van der Waals surface area (Å²) in [6.45, 7) is 12.8. The Morgan fingerprint density at radius 2 is 1.86 bits per heavy atom. The molecule has 3 heterocycles. The summed E-state index contributed by atoms with van der Waals surface area (Å²) in [5.74, 6) is -0.485. The van der Waals surface area contributed by atoms with Gasteiger partial charge in [0.15, 0.2) is 5.78 Å². The number of amides is 1. The minimum Gasteiger partial charge on any atom is -0.444 e.